The van der Waals surface area contributed by atoms with Crippen molar-refractivity contribution in [2.45, 2.75) is 12.8 Å². The predicted octanol–water partition coefficient (Wildman–Crippen LogP) is 2.87. The Balaban J connectivity index is 2.35. The van der Waals surface area contributed by atoms with E-state index in [-0.39, 0.29) is 17.2 Å². The molecule has 0 bridgehead atoms. The summed E-state index contributed by atoms with van der Waals surface area (Å²) in [5.41, 5.74) is 9.35. The number of carbonyl (C=O) groups excluding carboxylic acids is 1. The topological polar surface area (TPSA) is 79.8 Å². The van der Waals surface area contributed by atoms with Crippen LogP contribution in [0.3, 0.4) is 0 Å². The number of hydrogen-bond acceptors (Lipinski definition) is 4. The Morgan fingerprint density at radius 3 is 2.67 bits per heavy atom. The van der Waals surface area contributed by atoms with Crippen LogP contribution in [0.2, 0.25) is 0 Å². The van der Waals surface area contributed by atoms with Crippen molar-refractivity contribution in [2.75, 3.05) is 5.73 Å². The molecule has 0 amide bonds. The molecule has 0 atom stereocenters. The van der Waals surface area contributed by atoms with Gasteiger partial charge in [-0.3, -0.25) is 4.79 Å². The maximum Gasteiger partial charge on any atom is 0.196 e. The highest BCUT2D eigenvalue weighted by atomic mass is 16.1. The zero-order chi connectivity index (χ0) is 15.0. The van der Waals surface area contributed by atoms with Crippen LogP contribution >= 0.6 is 0 Å². The van der Waals surface area contributed by atoms with E-state index in [0.29, 0.717) is 35.2 Å². The van der Waals surface area contributed by atoms with Gasteiger partial charge >= 0.3 is 0 Å². The smallest absolute Gasteiger partial charge is 0.196 e. The fourth-order valence-corrected chi connectivity index (χ4v) is 2.74. The Kier molecular flexibility index (Phi) is 3.03. The number of anilines is 1. The Bertz CT molecular complexity index is 816. The lowest BCUT2D eigenvalue weighted by Gasteiger charge is -2.10. The average molecular weight is 275 g/mol. The van der Waals surface area contributed by atoms with Crippen molar-refractivity contribution < 1.29 is 4.79 Å². The fraction of sp³-hybridized carbons (Fsp3) is 0.118. The lowest BCUT2D eigenvalue weighted by atomic mass is 9.98. The lowest BCUT2D eigenvalue weighted by molar-refractivity contribution is 0.104. The van der Waals surface area contributed by atoms with E-state index < -0.39 is 0 Å². The van der Waals surface area contributed by atoms with Crippen LogP contribution in [0.5, 0.6) is 0 Å². The molecular weight excluding hydrogens is 262 g/mol. The first-order chi connectivity index (χ1) is 10.2. The molecule has 2 N–H and O–H groups in total. The molecule has 1 aliphatic rings. The monoisotopic (exact) mass is 275 g/mol. The predicted molar refractivity (Wildman–Crippen MR) is 80.8 cm³/mol. The summed E-state index contributed by atoms with van der Waals surface area (Å²) in [7, 11) is 0. The van der Waals surface area contributed by atoms with Gasteiger partial charge in [-0.2, -0.15) is 5.26 Å². The number of nitrogens with two attached hydrogens (primary N) is 1. The molecule has 21 heavy (non-hydrogen) atoms. The maximum atomic E-state index is 12.6. The summed E-state index contributed by atoms with van der Waals surface area (Å²) in [6.07, 6.45) is 3.06. The first-order valence-electron chi connectivity index (χ1n) is 6.66. The van der Waals surface area contributed by atoms with E-state index in [1.54, 1.807) is 12.1 Å². The molecule has 1 heterocycles. The molecule has 0 fully saturated rings. The second-order valence-corrected chi connectivity index (χ2v) is 4.88. The zero-order valence-corrected chi connectivity index (χ0v) is 11.4. The molecule has 1 aromatic carbocycles. The highest BCUT2D eigenvalue weighted by Gasteiger charge is 2.33. The zero-order valence-electron chi connectivity index (χ0n) is 11.4. The van der Waals surface area contributed by atoms with Crippen LogP contribution in [0.15, 0.2) is 36.9 Å². The summed E-state index contributed by atoms with van der Waals surface area (Å²) in [6.45, 7) is 3.69. The minimum absolute atomic E-state index is 0.0799. The Morgan fingerprint density at radius 1 is 1.29 bits per heavy atom. The van der Waals surface area contributed by atoms with E-state index in [1.807, 2.05) is 18.2 Å². The van der Waals surface area contributed by atoms with Crippen LogP contribution in [0.25, 0.3) is 11.1 Å². The number of allylic oxidation sites excluding steroid dienone is 1. The van der Waals surface area contributed by atoms with E-state index in [9.17, 15) is 10.1 Å². The van der Waals surface area contributed by atoms with Crippen molar-refractivity contribution in [1.82, 2.24) is 4.98 Å². The SMILES string of the molecule is C=CCCc1nc(N)c(C#N)c2c1C(=O)c1ccccc1-2. The third-order valence-electron chi connectivity index (χ3n) is 3.67. The molecule has 2 aromatic rings. The summed E-state index contributed by atoms with van der Waals surface area (Å²) in [6, 6.07) is 9.36. The Labute approximate surface area is 122 Å². The summed E-state index contributed by atoms with van der Waals surface area (Å²) in [4.78, 5) is 16.9. The third-order valence-corrected chi connectivity index (χ3v) is 3.67. The number of fused-ring (bicyclic) bond motifs is 3. The molecule has 0 spiro atoms. The van der Waals surface area contributed by atoms with Crippen LogP contribution < -0.4 is 5.73 Å². The molecule has 3 rings (SSSR count). The Morgan fingerprint density at radius 2 is 2.00 bits per heavy atom. The molecule has 0 aliphatic heterocycles. The number of rotatable bonds is 3. The number of carbonyl (C=O) groups is 1. The minimum atomic E-state index is -0.0799. The first-order valence-corrected chi connectivity index (χ1v) is 6.66. The van der Waals surface area contributed by atoms with Gasteiger partial charge in [-0.25, -0.2) is 4.98 Å². The summed E-state index contributed by atoms with van der Waals surface area (Å²) in [5, 5.41) is 9.36. The van der Waals surface area contributed by atoms with Crippen molar-refractivity contribution in [3.8, 4) is 17.2 Å². The van der Waals surface area contributed by atoms with Crippen LogP contribution in [0, 0.1) is 11.3 Å². The summed E-state index contributed by atoms with van der Waals surface area (Å²) >= 11 is 0. The molecule has 0 saturated heterocycles. The first kappa shape index (κ1) is 13.1. The van der Waals surface area contributed by atoms with Crippen molar-refractivity contribution in [3.05, 3.63) is 59.3 Å². The van der Waals surface area contributed by atoms with Crippen LogP contribution in [0.4, 0.5) is 5.82 Å². The number of ketones is 1. The van der Waals surface area contributed by atoms with Gasteiger partial charge in [0.15, 0.2) is 5.78 Å². The minimum Gasteiger partial charge on any atom is -0.383 e. The molecule has 0 radical (unpaired) electrons. The molecule has 102 valence electrons. The fourth-order valence-electron chi connectivity index (χ4n) is 2.74. The second-order valence-electron chi connectivity index (χ2n) is 4.88. The third kappa shape index (κ3) is 1.83. The van der Waals surface area contributed by atoms with Crippen LogP contribution in [0.1, 0.15) is 33.6 Å². The summed E-state index contributed by atoms with van der Waals surface area (Å²) in [5.74, 6) is 0.100. The van der Waals surface area contributed by atoms with Gasteiger partial charge in [0.05, 0.1) is 11.3 Å². The van der Waals surface area contributed by atoms with Gasteiger partial charge in [-0.05, 0) is 18.4 Å². The van der Waals surface area contributed by atoms with E-state index in [4.69, 9.17) is 5.73 Å². The molecule has 0 saturated carbocycles. The van der Waals surface area contributed by atoms with Crippen molar-refractivity contribution in [3.63, 3.8) is 0 Å². The number of nitrogen functional groups attached to an aromatic ring is 1. The number of aromatic nitrogens is 1. The van der Waals surface area contributed by atoms with Crippen molar-refractivity contribution >= 4 is 11.6 Å². The van der Waals surface area contributed by atoms with Gasteiger partial charge in [-0.15, -0.1) is 6.58 Å². The lowest BCUT2D eigenvalue weighted by Crippen LogP contribution is -2.08. The quantitative estimate of drug-likeness (QED) is 0.745. The highest BCUT2D eigenvalue weighted by molar-refractivity contribution is 6.23. The van der Waals surface area contributed by atoms with E-state index >= 15 is 0 Å². The van der Waals surface area contributed by atoms with Crippen molar-refractivity contribution in [2.24, 2.45) is 0 Å². The van der Waals surface area contributed by atoms with Gasteiger partial charge in [0.1, 0.15) is 17.5 Å². The molecule has 1 aromatic heterocycles. The number of nitriles is 1. The largest absolute Gasteiger partial charge is 0.383 e. The van der Waals surface area contributed by atoms with Crippen LogP contribution in [-0.4, -0.2) is 10.8 Å². The average Bonchev–Trinajstić information content (AvgIpc) is 2.79. The van der Waals surface area contributed by atoms with E-state index in [0.717, 1.165) is 5.56 Å². The number of pyridine rings is 1. The molecule has 4 heteroatoms. The molecule has 1 aliphatic carbocycles. The molecule has 0 unspecified atom stereocenters. The normalized spacial score (nSPS) is 11.7. The Hall–Kier alpha value is -2.93. The second kappa shape index (κ2) is 4.88. The standard InChI is InChI=1S/C17H13N3O/c1-2-3-8-13-15-14(12(9-18)17(19)20-13)10-6-4-5-7-11(10)16(15)21/h2,4-7H,1,3,8H2,(H2,19,20). The number of benzene rings is 1. The molecular formula is C17H13N3O. The van der Waals surface area contributed by atoms with Gasteiger partial charge < -0.3 is 5.73 Å². The van der Waals surface area contributed by atoms with Gasteiger partial charge in [0, 0.05) is 11.1 Å². The maximum absolute atomic E-state index is 12.6. The molecule has 4 nitrogen and oxygen atoms in total. The van der Waals surface area contributed by atoms with Gasteiger partial charge in [0.25, 0.3) is 0 Å². The van der Waals surface area contributed by atoms with Gasteiger partial charge in [0.2, 0.25) is 0 Å². The number of nitrogens with zero attached hydrogens (tertiary/aromatic N) is 2. The van der Waals surface area contributed by atoms with Gasteiger partial charge in [-0.1, -0.05) is 30.3 Å². The van der Waals surface area contributed by atoms with Crippen molar-refractivity contribution in [1.29, 1.82) is 5.26 Å². The summed E-state index contributed by atoms with van der Waals surface area (Å²) < 4.78 is 0. The van der Waals surface area contributed by atoms with E-state index in [2.05, 4.69) is 17.6 Å². The highest BCUT2D eigenvalue weighted by Crippen LogP contribution is 2.41. The number of aryl methyl sites for hydroxylation is 1. The number of hydrogen-bond donors (Lipinski definition) is 1. The van der Waals surface area contributed by atoms with E-state index in [1.165, 1.54) is 0 Å². The van der Waals surface area contributed by atoms with Crippen LogP contribution in [-0.2, 0) is 6.42 Å².